The predicted octanol–water partition coefficient (Wildman–Crippen LogP) is 4.24. The maximum atomic E-state index is 13.4. The van der Waals surface area contributed by atoms with Crippen LogP contribution in [0.3, 0.4) is 0 Å². The van der Waals surface area contributed by atoms with Crippen molar-refractivity contribution in [1.82, 2.24) is 0 Å². The standard InChI is InChI=1S/C10H9F4IO/c1-5(2)16-9-7(11)3-6(4-8(9)15)10(12,13)14/h3-5H,1-2H3. The summed E-state index contributed by atoms with van der Waals surface area (Å²) in [4.78, 5) is 0. The van der Waals surface area contributed by atoms with Gasteiger partial charge in [-0.15, -0.1) is 0 Å². The van der Waals surface area contributed by atoms with Crippen molar-refractivity contribution >= 4 is 22.6 Å². The van der Waals surface area contributed by atoms with Gasteiger partial charge in [-0.05, 0) is 48.6 Å². The minimum absolute atomic E-state index is 0.110. The van der Waals surface area contributed by atoms with Crippen molar-refractivity contribution in [3.05, 3.63) is 27.1 Å². The molecule has 0 aliphatic rings. The van der Waals surface area contributed by atoms with E-state index in [0.29, 0.717) is 6.07 Å². The molecule has 0 N–H and O–H groups in total. The maximum absolute atomic E-state index is 13.4. The van der Waals surface area contributed by atoms with Gasteiger partial charge >= 0.3 is 6.18 Å². The largest absolute Gasteiger partial charge is 0.487 e. The third kappa shape index (κ3) is 3.23. The van der Waals surface area contributed by atoms with Crippen molar-refractivity contribution in [2.75, 3.05) is 0 Å². The molecule has 0 aliphatic carbocycles. The van der Waals surface area contributed by atoms with E-state index >= 15 is 0 Å². The van der Waals surface area contributed by atoms with Crippen LogP contribution < -0.4 is 4.74 Å². The molecule has 1 rings (SSSR count). The van der Waals surface area contributed by atoms with Gasteiger partial charge < -0.3 is 4.74 Å². The molecule has 6 heteroatoms. The summed E-state index contributed by atoms with van der Waals surface area (Å²) in [5.41, 5.74) is -1.01. The average Bonchev–Trinajstić information content (AvgIpc) is 2.09. The Morgan fingerprint density at radius 2 is 1.81 bits per heavy atom. The minimum atomic E-state index is -4.54. The van der Waals surface area contributed by atoms with E-state index in [1.807, 2.05) is 0 Å². The SMILES string of the molecule is CC(C)Oc1c(F)cc(C(F)(F)F)cc1I. The van der Waals surface area contributed by atoms with Gasteiger partial charge in [0.25, 0.3) is 0 Å². The van der Waals surface area contributed by atoms with Crippen LogP contribution in [0.2, 0.25) is 0 Å². The lowest BCUT2D eigenvalue weighted by Gasteiger charge is -2.14. The Labute approximate surface area is 104 Å². The molecule has 0 heterocycles. The smallest absolute Gasteiger partial charge is 0.416 e. The summed E-state index contributed by atoms with van der Waals surface area (Å²) in [6.45, 7) is 3.35. The third-order valence-corrected chi connectivity index (χ3v) is 2.48. The van der Waals surface area contributed by atoms with Gasteiger partial charge in [0, 0.05) is 0 Å². The molecule has 0 aliphatic heterocycles. The highest BCUT2D eigenvalue weighted by atomic mass is 127. The van der Waals surface area contributed by atoms with E-state index in [4.69, 9.17) is 4.74 Å². The highest BCUT2D eigenvalue weighted by Crippen LogP contribution is 2.35. The molecule has 0 unspecified atom stereocenters. The summed E-state index contributed by atoms with van der Waals surface area (Å²) >= 11 is 1.62. The third-order valence-electron chi connectivity index (χ3n) is 1.68. The Kier molecular flexibility index (Phi) is 4.03. The van der Waals surface area contributed by atoms with Crippen LogP contribution in [-0.2, 0) is 6.18 Å². The van der Waals surface area contributed by atoms with Crippen LogP contribution in [0.25, 0.3) is 0 Å². The molecular formula is C10H9F4IO. The van der Waals surface area contributed by atoms with Gasteiger partial charge in [0.05, 0.1) is 15.2 Å². The molecule has 0 bridgehead atoms. The summed E-state index contributed by atoms with van der Waals surface area (Å²) in [5, 5.41) is 0. The van der Waals surface area contributed by atoms with Gasteiger partial charge in [-0.3, -0.25) is 0 Å². The fraction of sp³-hybridized carbons (Fsp3) is 0.400. The fourth-order valence-electron chi connectivity index (χ4n) is 1.07. The molecule has 90 valence electrons. The summed E-state index contributed by atoms with van der Waals surface area (Å²) in [6, 6.07) is 1.31. The lowest BCUT2D eigenvalue weighted by atomic mass is 10.2. The second kappa shape index (κ2) is 4.77. The number of rotatable bonds is 2. The molecule has 0 fully saturated rings. The number of alkyl halides is 3. The zero-order valence-electron chi connectivity index (χ0n) is 8.53. The first-order valence-corrected chi connectivity index (χ1v) is 5.52. The first-order valence-electron chi connectivity index (χ1n) is 4.44. The second-order valence-corrected chi connectivity index (χ2v) is 4.60. The lowest BCUT2D eigenvalue weighted by molar-refractivity contribution is -0.137. The van der Waals surface area contributed by atoms with Gasteiger partial charge in [0.2, 0.25) is 0 Å². The van der Waals surface area contributed by atoms with Crippen molar-refractivity contribution < 1.29 is 22.3 Å². The Balaban J connectivity index is 3.18. The first-order chi connectivity index (χ1) is 7.21. The van der Waals surface area contributed by atoms with E-state index < -0.39 is 17.6 Å². The highest BCUT2D eigenvalue weighted by Gasteiger charge is 2.32. The number of halogens is 5. The van der Waals surface area contributed by atoms with E-state index in [1.165, 1.54) is 0 Å². The van der Waals surface area contributed by atoms with Crippen molar-refractivity contribution in [3.63, 3.8) is 0 Å². The number of ether oxygens (including phenoxy) is 1. The van der Waals surface area contributed by atoms with Crippen molar-refractivity contribution in [2.24, 2.45) is 0 Å². The van der Waals surface area contributed by atoms with Gasteiger partial charge in [0.1, 0.15) is 0 Å². The quantitative estimate of drug-likeness (QED) is 0.574. The van der Waals surface area contributed by atoms with Crippen LogP contribution in [-0.4, -0.2) is 6.10 Å². The summed E-state index contributed by atoms with van der Waals surface area (Å²) in [6.07, 6.45) is -4.84. The molecule has 0 radical (unpaired) electrons. The second-order valence-electron chi connectivity index (χ2n) is 3.43. The minimum Gasteiger partial charge on any atom is -0.487 e. The Morgan fingerprint density at radius 3 is 2.19 bits per heavy atom. The number of hydrogen-bond acceptors (Lipinski definition) is 1. The fourth-order valence-corrected chi connectivity index (χ4v) is 1.79. The van der Waals surface area contributed by atoms with E-state index in [-0.39, 0.29) is 15.4 Å². The predicted molar refractivity (Wildman–Crippen MR) is 59.9 cm³/mol. The van der Waals surface area contributed by atoms with Crippen LogP contribution in [0.1, 0.15) is 19.4 Å². The Hall–Kier alpha value is -0.530. The van der Waals surface area contributed by atoms with Crippen LogP contribution in [0.15, 0.2) is 12.1 Å². The molecule has 1 nitrogen and oxygen atoms in total. The normalized spacial score (nSPS) is 12.0. The molecule has 16 heavy (non-hydrogen) atoms. The summed E-state index contributed by atoms with van der Waals surface area (Å²) < 4.78 is 55.6. The first kappa shape index (κ1) is 13.5. The lowest BCUT2D eigenvalue weighted by Crippen LogP contribution is -2.11. The maximum Gasteiger partial charge on any atom is 0.416 e. The zero-order chi connectivity index (χ0) is 12.5. The molecule has 1 aromatic rings. The molecular weight excluding hydrogens is 339 g/mol. The van der Waals surface area contributed by atoms with Crippen LogP contribution in [0, 0.1) is 9.39 Å². The molecule has 0 spiro atoms. The van der Waals surface area contributed by atoms with E-state index in [1.54, 1.807) is 36.4 Å². The molecule has 0 saturated heterocycles. The van der Waals surface area contributed by atoms with Gasteiger partial charge in [-0.2, -0.15) is 13.2 Å². The summed E-state index contributed by atoms with van der Waals surface area (Å²) in [7, 11) is 0. The zero-order valence-corrected chi connectivity index (χ0v) is 10.7. The van der Waals surface area contributed by atoms with Crippen molar-refractivity contribution in [2.45, 2.75) is 26.1 Å². The average molecular weight is 348 g/mol. The van der Waals surface area contributed by atoms with Gasteiger partial charge in [-0.25, -0.2) is 4.39 Å². The monoisotopic (exact) mass is 348 g/mol. The van der Waals surface area contributed by atoms with Crippen molar-refractivity contribution in [1.29, 1.82) is 0 Å². The number of benzene rings is 1. The Morgan fingerprint density at radius 1 is 1.25 bits per heavy atom. The Bertz CT molecular complexity index is 364. The number of hydrogen-bond donors (Lipinski definition) is 0. The molecule has 0 amide bonds. The van der Waals surface area contributed by atoms with E-state index in [9.17, 15) is 17.6 Å². The van der Waals surface area contributed by atoms with Crippen molar-refractivity contribution in [3.8, 4) is 5.75 Å². The molecule has 0 atom stereocenters. The topological polar surface area (TPSA) is 9.23 Å². The van der Waals surface area contributed by atoms with Crippen LogP contribution in [0.4, 0.5) is 17.6 Å². The van der Waals surface area contributed by atoms with Crippen LogP contribution >= 0.6 is 22.6 Å². The van der Waals surface area contributed by atoms with Crippen LogP contribution in [0.5, 0.6) is 5.75 Å². The van der Waals surface area contributed by atoms with Gasteiger partial charge in [-0.1, -0.05) is 0 Å². The van der Waals surface area contributed by atoms with E-state index in [2.05, 4.69) is 0 Å². The van der Waals surface area contributed by atoms with E-state index in [0.717, 1.165) is 6.07 Å². The highest BCUT2D eigenvalue weighted by molar-refractivity contribution is 14.1. The molecule has 0 aromatic heterocycles. The molecule has 1 aromatic carbocycles. The molecule has 0 saturated carbocycles. The van der Waals surface area contributed by atoms with Gasteiger partial charge in [0.15, 0.2) is 11.6 Å². The summed E-state index contributed by atoms with van der Waals surface area (Å²) in [5.74, 6) is -1.13.